The van der Waals surface area contributed by atoms with Crippen molar-refractivity contribution >= 4 is 29.1 Å². The largest absolute Gasteiger partial charge is 0.336 e. The van der Waals surface area contributed by atoms with Gasteiger partial charge in [-0.25, -0.2) is 4.68 Å². The normalized spacial score (nSPS) is 14.4. The van der Waals surface area contributed by atoms with Crippen molar-refractivity contribution in [2.24, 2.45) is 0 Å². The quantitative estimate of drug-likeness (QED) is 0.622. The molecular formula is C24H26ClN5O2. The number of para-hydroxylation sites is 1. The summed E-state index contributed by atoms with van der Waals surface area (Å²) < 4.78 is 1.78. The maximum atomic E-state index is 13.2. The minimum atomic E-state index is -0.0490. The molecule has 0 spiro atoms. The molecule has 0 radical (unpaired) electrons. The number of rotatable bonds is 6. The smallest absolute Gasteiger partial charge is 0.257 e. The van der Waals surface area contributed by atoms with Gasteiger partial charge in [0.25, 0.3) is 5.91 Å². The molecule has 8 heteroatoms. The SMILES string of the molecule is CCc1c(C(=O)N2CCN(CC(=O)Nc3ccccc3)CC2)cnn1-c1cccc(Cl)c1. The van der Waals surface area contributed by atoms with Crippen molar-refractivity contribution in [2.75, 3.05) is 38.0 Å². The van der Waals surface area contributed by atoms with Crippen LogP contribution >= 0.6 is 11.6 Å². The first kappa shape index (κ1) is 22.0. The van der Waals surface area contributed by atoms with Gasteiger partial charge in [0.15, 0.2) is 0 Å². The Labute approximate surface area is 192 Å². The standard InChI is InChI=1S/C24H26ClN5O2/c1-2-22-21(16-26-30(22)20-10-6-7-18(25)15-20)24(32)29-13-11-28(12-14-29)17-23(31)27-19-8-4-3-5-9-19/h3-10,15-16H,2,11-14,17H2,1H3,(H,27,31). The van der Waals surface area contributed by atoms with Crippen LogP contribution in [-0.4, -0.2) is 64.1 Å². The van der Waals surface area contributed by atoms with E-state index in [9.17, 15) is 9.59 Å². The highest BCUT2D eigenvalue weighted by Crippen LogP contribution is 2.20. The van der Waals surface area contributed by atoms with E-state index < -0.39 is 0 Å². The van der Waals surface area contributed by atoms with Gasteiger partial charge in [0.05, 0.1) is 29.7 Å². The van der Waals surface area contributed by atoms with Crippen LogP contribution in [-0.2, 0) is 11.2 Å². The van der Waals surface area contributed by atoms with E-state index >= 15 is 0 Å². The summed E-state index contributed by atoms with van der Waals surface area (Å²) in [5.74, 6) is -0.0736. The number of nitrogens with zero attached hydrogens (tertiary/aromatic N) is 4. The van der Waals surface area contributed by atoms with E-state index in [-0.39, 0.29) is 11.8 Å². The molecule has 0 unspecified atom stereocenters. The first-order valence-electron chi connectivity index (χ1n) is 10.7. The Bertz CT molecular complexity index is 1090. The minimum Gasteiger partial charge on any atom is -0.336 e. The van der Waals surface area contributed by atoms with Gasteiger partial charge in [-0.3, -0.25) is 14.5 Å². The van der Waals surface area contributed by atoms with Crippen molar-refractivity contribution < 1.29 is 9.59 Å². The zero-order valence-corrected chi connectivity index (χ0v) is 18.8. The Balaban J connectivity index is 1.37. The molecule has 2 heterocycles. The number of carbonyl (C=O) groups excluding carboxylic acids is 2. The topological polar surface area (TPSA) is 70.5 Å². The highest BCUT2D eigenvalue weighted by molar-refractivity contribution is 6.30. The molecule has 1 fully saturated rings. The van der Waals surface area contributed by atoms with Crippen LogP contribution in [0.5, 0.6) is 0 Å². The molecule has 7 nitrogen and oxygen atoms in total. The summed E-state index contributed by atoms with van der Waals surface area (Å²) in [7, 11) is 0. The van der Waals surface area contributed by atoms with Crippen molar-refractivity contribution in [2.45, 2.75) is 13.3 Å². The molecular weight excluding hydrogens is 426 g/mol. The zero-order valence-electron chi connectivity index (χ0n) is 18.0. The van der Waals surface area contributed by atoms with E-state index in [0.29, 0.717) is 49.7 Å². The van der Waals surface area contributed by atoms with Gasteiger partial charge in [-0.05, 0) is 36.8 Å². The van der Waals surface area contributed by atoms with Crippen LogP contribution in [0.15, 0.2) is 60.8 Å². The second kappa shape index (κ2) is 9.97. The molecule has 2 aromatic carbocycles. The van der Waals surface area contributed by atoms with Crippen LogP contribution in [0.25, 0.3) is 5.69 Å². The van der Waals surface area contributed by atoms with Gasteiger partial charge in [-0.15, -0.1) is 0 Å². The van der Waals surface area contributed by atoms with E-state index in [1.54, 1.807) is 10.9 Å². The predicted molar refractivity (Wildman–Crippen MR) is 125 cm³/mol. The van der Waals surface area contributed by atoms with Gasteiger partial charge in [-0.2, -0.15) is 5.10 Å². The van der Waals surface area contributed by atoms with Gasteiger partial charge >= 0.3 is 0 Å². The maximum absolute atomic E-state index is 13.2. The third-order valence-corrected chi connectivity index (χ3v) is 5.81. The zero-order chi connectivity index (χ0) is 22.5. The lowest BCUT2D eigenvalue weighted by Gasteiger charge is -2.34. The summed E-state index contributed by atoms with van der Waals surface area (Å²) in [6.07, 6.45) is 2.31. The first-order chi connectivity index (χ1) is 15.5. The van der Waals surface area contributed by atoms with Crippen LogP contribution in [0, 0.1) is 0 Å². The Morgan fingerprint density at radius 3 is 2.47 bits per heavy atom. The second-order valence-electron chi connectivity index (χ2n) is 7.73. The van der Waals surface area contributed by atoms with Gasteiger partial charge in [-0.1, -0.05) is 42.8 Å². The van der Waals surface area contributed by atoms with Crippen LogP contribution < -0.4 is 5.32 Å². The number of hydrogen-bond acceptors (Lipinski definition) is 4. The highest BCUT2D eigenvalue weighted by Gasteiger charge is 2.26. The van der Waals surface area contributed by atoms with E-state index in [1.165, 1.54) is 0 Å². The fraction of sp³-hybridized carbons (Fsp3) is 0.292. The molecule has 0 saturated carbocycles. The maximum Gasteiger partial charge on any atom is 0.257 e. The Morgan fingerprint density at radius 2 is 1.78 bits per heavy atom. The molecule has 3 aromatic rings. The number of anilines is 1. The minimum absolute atomic E-state index is 0.0245. The Hall–Kier alpha value is -3.16. The molecule has 0 atom stereocenters. The van der Waals surface area contributed by atoms with E-state index in [2.05, 4.69) is 15.3 Å². The van der Waals surface area contributed by atoms with E-state index in [1.807, 2.05) is 66.4 Å². The monoisotopic (exact) mass is 451 g/mol. The van der Waals surface area contributed by atoms with Crippen molar-refractivity contribution in [3.05, 3.63) is 77.1 Å². The average Bonchev–Trinajstić information content (AvgIpc) is 3.24. The van der Waals surface area contributed by atoms with Crippen molar-refractivity contribution in [1.29, 1.82) is 0 Å². The van der Waals surface area contributed by atoms with Crippen molar-refractivity contribution in [1.82, 2.24) is 19.6 Å². The van der Waals surface area contributed by atoms with Gasteiger partial charge in [0.1, 0.15) is 0 Å². The predicted octanol–water partition coefficient (Wildman–Crippen LogP) is 3.48. The molecule has 4 rings (SSSR count). The number of nitrogens with one attached hydrogen (secondary N) is 1. The third-order valence-electron chi connectivity index (χ3n) is 5.57. The van der Waals surface area contributed by atoms with Crippen LogP contribution in [0.2, 0.25) is 5.02 Å². The number of piperazine rings is 1. The summed E-state index contributed by atoms with van der Waals surface area (Å²) in [6.45, 7) is 4.77. The lowest BCUT2D eigenvalue weighted by Crippen LogP contribution is -2.50. The molecule has 1 saturated heterocycles. The van der Waals surface area contributed by atoms with Gasteiger partial charge in [0, 0.05) is 36.9 Å². The van der Waals surface area contributed by atoms with Crippen LogP contribution in [0.1, 0.15) is 23.0 Å². The van der Waals surface area contributed by atoms with Crippen LogP contribution in [0.4, 0.5) is 5.69 Å². The number of halogens is 1. The van der Waals surface area contributed by atoms with Gasteiger partial charge < -0.3 is 10.2 Å². The lowest BCUT2D eigenvalue weighted by atomic mass is 10.1. The summed E-state index contributed by atoms with van der Waals surface area (Å²) in [5, 5.41) is 7.99. The molecule has 0 aliphatic carbocycles. The summed E-state index contributed by atoms with van der Waals surface area (Å²) in [6, 6.07) is 16.9. The van der Waals surface area contributed by atoms with Crippen molar-refractivity contribution in [3.63, 3.8) is 0 Å². The lowest BCUT2D eigenvalue weighted by molar-refractivity contribution is -0.117. The molecule has 1 N–H and O–H groups in total. The number of benzene rings is 2. The number of hydrogen-bond donors (Lipinski definition) is 1. The molecule has 0 bridgehead atoms. The Morgan fingerprint density at radius 1 is 1.03 bits per heavy atom. The second-order valence-corrected chi connectivity index (χ2v) is 8.17. The number of amides is 2. The van der Waals surface area contributed by atoms with Gasteiger partial charge in [0.2, 0.25) is 5.91 Å². The third kappa shape index (κ3) is 5.00. The molecule has 2 amide bonds. The molecule has 32 heavy (non-hydrogen) atoms. The first-order valence-corrected chi connectivity index (χ1v) is 11.1. The summed E-state index contributed by atoms with van der Waals surface area (Å²) in [5.41, 5.74) is 3.10. The summed E-state index contributed by atoms with van der Waals surface area (Å²) in [4.78, 5) is 29.4. The molecule has 1 aliphatic rings. The highest BCUT2D eigenvalue weighted by atomic mass is 35.5. The fourth-order valence-electron chi connectivity index (χ4n) is 3.93. The summed E-state index contributed by atoms with van der Waals surface area (Å²) >= 11 is 6.13. The average molecular weight is 452 g/mol. The molecule has 1 aliphatic heterocycles. The molecule has 1 aromatic heterocycles. The Kier molecular flexibility index (Phi) is 6.87. The number of aromatic nitrogens is 2. The van der Waals surface area contributed by atoms with E-state index in [4.69, 9.17) is 11.6 Å². The van der Waals surface area contributed by atoms with Crippen LogP contribution in [0.3, 0.4) is 0 Å². The number of carbonyl (C=O) groups is 2. The van der Waals surface area contributed by atoms with Crippen molar-refractivity contribution in [3.8, 4) is 5.69 Å². The fourth-order valence-corrected chi connectivity index (χ4v) is 4.11. The van der Waals surface area contributed by atoms with E-state index in [0.717, 1.165) is 17.1 Å². The molecule has 166 valence electrons.